The molecule has 4 rings (SSSR count). The van der Waals surface area contributed by atoms with Crippen molar-refractivity contribution < 1.29 is 14.1 Å². The van der Waals surface area contributed by atoms with Crippen LogP contribution in [-0.2, 0) is 11.3 Å². The predicted molar refractivity (Wildman–Crippen MR) is 106 cm³/mol. The summed E-state index contributed by atoms with van der Waals surface area (Å²) in [5, 5.41) is 6.79. The topological polar surface area (TPSA) is 78.1 Å². The van der Waals surface area contributed by atoms with Crippen molar-refractivity contribution >= 4 is 28.9 Å². The molecular formula is C20H14ClN3O3S. The summed E-state index contributed by atoms with van der Waals surface area (Å²) in [6.07, 6.45) is 0. The van der Waals surface area contributed by atoms with Gasteiger partial charge in [-0.2, -0.15) is 4.98 Å². The van der Waals surface area contributed by atoms with E-state index in [2.05, 4.69) is 15.1 Å². The number of ether oxygens (including phenoxy) is 1. The summed E-state index contributed by atoms with van der Waals surface area (Å²) in [5.74, 6) is 0.114. The number of carbonyl (C=O) groups excluding carboxylic acids is 1. The molecule has 2 aromatic heterocycles. The molecule has 0 N–H and O–H groups in total. The largest absolute Gasteiger partial charge is 0.453 e. The number of benzene rings is 2. The van der Waals surface area contributed by atoms with E-state index in [1.54, 1.807) is 17.5 Å². The Bertz CT molecular complexity index is 1120. The fourth-order valence-corrected chi connectivity index (χ4v) is 3.43. The number of halogens is 1. The first-order chi connectivity index (χ1) is 13.6. The van der Waals surface area contributed by atoms with Crippen molar-refractivity contribution in [1.82, 2.24) is 15.1 Å². The maximum Gasteiger partial charge on any atom is 0.358 e. The van der Waals surface area contributed by atoms with Crippen molar-refractivity contribution in [2.24, 2.45) is 0 Å². The Kier molecular flexibility index (Phi) is 5.18. The van der Waals surface area contributed by atoms with Gasteiger partial charge in [0.25, 0.3) is 5.89 Å². The zero-order valence-corrected chi connectivity index (χ0v) is 16.3. The number of nitrogens with zero attached hydrogens (tertiary/aromatic N) is 3. The molecule has 0 radical (unpaired) electrons. The standard InChI is InChI=1S/C20H14ClN3O3S/c1-12-5-7-13(8-6-12)18-23-17(24-27-18)10-26-20(25)16-11-28-19(22-16)14-3-2-4-15(21)9-14/h2-9,11H,10H2,1H3. The van der Waals surface area contributed by atoms with E-state index < -0.39 is 5.97 Å². The molecule has 0 atom stereocenters. The van der Waals surface area contributed by atoms with Gasteiger partial charge in [-0.3, -0.25) is 0 Å². The van der Waals surface area contributed by atoms with Crippen molar-refractivity contribution in [1.29, 1.82) is 0 Å². The van der Waals surface area contributed by atoms with Gasteiger partial charge in [0, 0.05) is 21.5 Å². The Morgan fingerprint density at radius 2 is 1.96 bits per heavy atom. The first-order valence-electron chi connectivity index (χ1n) is 8.37. The van der Waals surface area contributed by atoms with Crippen molar-refractivity contribution in [3.8, 4) is 22.0 Å². The lowest BCUT2D eigenvalue weighted by Gasteiger charge is -1.99. The molecule has 28 heavy (non-hydrogen) atoms. The normalized spacial score (nSPS) is 10.8. The lowest BCUT2D eigenvalue weighted by molar-refractivity contribution is 0.0454. The zero-order chi connectivity index (χ0) is 19.5. The predicted octanol–water partition coefficient (Wildman–Crippen LogP) is 5.18. The van der Waals surface area contributed by atoms with Crippen molar-refractivity contribution in [2.75, 3.05) is 0 Å². The van der Waals surface area contributed by atoms with Crippen molar-refractivity contribution in [3.63, 3.8) is 0 Å². The van der Waals surface area contributed by atoms with Gasteiger partial charge in [-0.25, -0.2) is 9.78 Å². The third kappa shape index (κ3) is 4.11. The van der Waals surface area contributed by atoms with Crippen LogP contribution in [-0.4, -0.2) is 21.1 Å². The highest BCUT2D eigenvalue weighted by molar-refractivity contribution is 7.13. The lowest BCUT2D eigenvalue weighted by atomic mass is 10.1. The van der Waals surface area contributed by atoms with Gasteiger partial charge < -0.3 is 9.26 Å². The van der Waals surface area contributed by atoms with Crippen molar-refractivity contribution in [3.05, 3.63) is 76.0 Å². The molecule has 0 bridgehead atoms. The van der Waals surface area contributed by atoms with Gasteiger partial charge in [-0.05, 0) is 31.2 Å². The van der Waals surface area contributed by atoms with E-state index in [9.17, 15) is 4.79 Å². The first-order valence-corrected chi connectivity index (χ1v) is 9.62. The Balaban J connectivity index is 1.40. The van der Waals surface area contributed by atoms with Gasteiger partial charge in [-0.1, -0.05) is 46.6 Å². The van der Waals surface area contributed by atoms with Crippen LogP contribution >= 0.6 is 22.9 Å². The summed E-state index contributed by atoms with van der Waals surface area (Å²) in [6.45, 7) is 1.90. The molecule has 0 saturated heterocycles. The van der Waals surface area contributed by atoms with E-state index in [4.69, 9.17) is 20.9 Å². The monoisotopic (exact) mass is 411 g/mol. The van der Waals surface area contributed by atoms with Crippen LogP contribution in [0.3, 0.4) is 0 Å². The molecule has 0 aliphatic heterocycles. The van der Waals surface area contributed by atoms with E-state index in [1.165, 1.54) is 11.3 Å². The average Bonchev–Trinajstić information content (AvgIpc) is 3.37. The van der Waals surface area contributed by atoms with Gasteiger partial charge in [0.1, 0.15) is 5.01 Å². The van der Waals surface area contributed by atoms with Gasteiger partial charge in [0.2, 0.25) is 5.82 Å². The smallest absolute Gasteiger partial charge is 0.358 e. The van der Waals surface area contributed by atoms with E-state index in [-0.39, 0.29) is 18.1 Å². The second-order valence-corrected chi connectivity index (χ2v) is 7.30. The number of rotatable bonds is 5. The summed E-state index contributed by atoms with van der Waals surface area (Å²) < 4.78 is 10.5. The highest BCUT2D eigenvalue weighted by Crippen LogP contribution is 2.26. The maximum absolute atomic E-state index is 12.3. The van der Waals surface area contributed by atoms with Gasteiger partial charge in [-0.15, -0.1) is 11.3 Å². The van der Waals surface area contributed by atoms with E-state index in [1.807, 2.05) is 43.3 Å². The maximum atomic E-state index is 12.3. The average molecular weight is 412 g/mol. The van der Waals surface area contributed by atoms with Crippen LogP contribution in [0.1, 0.15) is 21.9 Å². The molecule has 4 aromatic rings. The van der Waals surface area contributed by atoms with Gasteiger partial charge in [0.05, 0.1) is 0 Å². The molecule has 0 saturated carbocycles. The first kappa shape index (κ1) is 18.3. The molecular weight excluding hydrogens is 398 g/mol. The fourth-order valence-electron chi connectivity index (χ4n) is 2.45. The zero-order valence-electron chi connectivity index (χ0n) is 14.8. The molecule has 0 unspecified atom stereocenters. The summed E-state index contributed by atoms with van der Waals surface area (Å²) in [7, 11) is 0. The van der Waals surface area contributed by atoms with Crippen LogP contribution in [0, 0.1) is 6.92 Å². The van der Waals surface area contributed by atoms with Crippen LogP contribution < -0.4 is 0 Å². The van der Waals surface area contributed by atoms with Crippen LogP contribution in [0.15, 0.2) is 58.4 Å². The highest BCUT2D eigenvalue weighted by atomic mass is 35.5. The van der Waals surface area contributed by atoms with Gasteiger partial charge >= 0.3 is 5.97 Å². The summed E-state index contributed by atoms with van der Waals surface area (Å²) in [4.78, 5) is 20.8. The molecule has 0 amide bonds. The molecule has 0 aliphatic carbocycles. The fraction of sp³-hybridized carbons (Fsp3) is 0.100. The number of aryl methyl sites for hydroxylation is 1. The summed E-state index contributed by atoms with van der Waals surface area (Å²) in [5.41, 5.74) is 3.01. The van der Waals surface area contributed by atoms with E-state index in [0.717, 1.165) is 16.7 Å². The summed E-state index contributed by atoms with van der Waals surface area (Å²) in [6, 6.07) is 15.0. The van der Waals surface area contributed by atoms with Crippen molar-refractivity contribution in [2.45, 2.75) is 13.5 Å². The van der Waals surface area contributed by atoms with Gasteiger partial charge in [0.15, 0.2) is 12.3 Å². The molecule has 2 heterocycles. The molecule has 2 aromatic carbocycles. The van der Waals surface area contributed by atoms with E-state index >= 15 is 0 Å². The summed E-state index contributed by atoms with van der Waals surface area (Å²) >= 11 is 7.34. The minimum atomic E-state index is -0.550. The van der Waals surface area contributed by atoms with E-state index in [0.29, 0.717) is 15.9 Å². The number of carbonyl (C=O) groups is 1. The van der Waals surface area contributed by atoms with Crippen LogP contribution in [0.5, 0.6) is 0 Å². The molecule has 6 nitrogen and oxygen atoms in total. The number of hydrogen-bond acceptors (Lipinski definition) is 7. The molecule has 0 fully saturated rings. The van der Waals surface area contributed by atoms with Crippen LogP contribution in [0.2, 0.25) is 5.02 Å². The number of hydrogen-bond donors (Lipinski definition) is 0. The number of thiazole rings is 1. The molecule has 140 valence electrons. The molecule has 8 heteroatoms. The second-order valence-electron chi connectivity index (χ2n) is 6.01. The van der Waals surface area contributed by atoms with Crippen LogP contribution in [0.4, 0.5) is 0 Å². The minimum absolute atomic E-state index is 0.0990. The minimum Gasteiger partial charge on any atom is -0.453 e. The number of esters is 1. The molecule has 0 aliphatic rings. The third-order valence-electron chi connectivity index (χ3n) is 3.88. The Morgan fingerprint density at radius 1 is 1.14 bits per heavy atom. The Morgan fingerprint density at radius 3 is 2.75 bits per heavy atom. The lowest BCUT2D eigenvalue weighted by Crippen LogP contribution is -2.06. The van der Waals surface area contributed by atoms with Crippen LogP contribution in [0.25, 0.3) is 22.0 Å². The quantitative estimate of drug-likeness (QED) is 0.421. The Hall–Kier alpha value is -3.03. The third-order valence-corrected chi connectivity index (χ3v) is 5.01. The second kappa shape index (κ2) is 7.92. The Labute approximate surface area is 169 Å². The highest BCUT2D eigenvalue weighted by Gasteiger charge is 2.16. The molecule has 0 spiro atoms. The number of aromatic nitrogens is 3. The SMILES string of the molecule is Cc1ccc(-c2nc(COC(=O)c3csc(-c4cccc(Cl)c4)n3)no2)cc1.